The molecule has 1 aromatic rings. The molecule has 3 atom stereocenters. The van der Waals surface area contributed by atoms with Gasteiger partial charge in [0.1, 0.15) is 11.8 Å². The molecule has 1 aliphatic carbocycles. The fourth-order valence-corrected chi connectivity index (χ4v) is 3.12. The Morgan fingerprint density at radius 2 is 2.24 bits per heavy atom. The van der Waals surface area contributed by atoms with E-state index in [1.54, 1.807) is 7.11 Å². The van der Waals surface area contributed by atoms with Gasteiger partial charge < -0.3 is 15.2 Å². The van der Waals surface area contributed by atoms with Crippen LogP contribution in [0.2, 0.25) is 0 Å². The van der Waals surface area contributed by atoms with Gasteiger partial charge in [-0.3, -0.25) is 0 Å². The highest BCUT2D eigenvalue weighted by molar-refractivity contribution is 5.78. The number of carboxylic acid groups (broad SMARTS) is 1. The molecule has 0 bridgehead atoms. The van der Waals surface area contributed by atoms with Crippen molar-refractivity contribution < 1.29 is 14.6 Å². The first-order valence-corrected chi connectivity index (χ1v) is 7.30. The van der Waals surface area contributed by atoms with Gasteiger partial charge in [-0.1, -0.05) is 24.6 Å². The zero-order valence-electron chi connectivity index (χ0n) is 12.8. The predicted molar refractivity (Wildman–Crippen MR) is 83.7 cm³/mol. The van der Waals surface area contributed by atoms with Crippen LogP contribution in [-0.2, 0) is 4.79 Å². The summed E-state index contributed by atoms with van der Waals surface area (Å²) in [6, 6.07) is 6.81. The Kier molecular flexibility index (Phi) is 4.89. The van der Waals surface area contributed by atoms with Gasteiger partial charge in [0.2, 0.25) is 0 Å². The predicted octanol–water partition coefficient (Wildman–Crippen LogP) is 3.55. The minimum Gasteiger partial charge on any atom is -0.497 e. The van der Waals surface area contributed by atoms with Gasteiger partial charge in [0, 0.05) is 11.8 Å². The van der Waals surface area contributed by atoms with E-state index >= 15 is 0 Å². The lowest BCUT2D eigenvalue weighted by molar-refractivity contribution is -0.139. The summed E-state index contributed by atoms with van der Waals surface area (Å²) in [4.78, 5) is 11.7. The first-order valence-electron chi connectivity index (χ1n) is 7.30. The summed E-state index contributed by atoms with van der Waals surface area (Å²) in [5.41, 5.74) is 2.05. The molecule has 0 saturated carbocycles. The van der Waals surface area contributed by atoms with Gasteiger partial charge >= 0.3 is 5.97 Å². The molecule has 0 amide bonds. The maximum absolute atomic E-state index is 11.7. The van der Waals surface area contributed by atoms with Crippen LogP contribution < -0.4 is 10.1 Å². The lowest BCUT2D eigenvalue weighted by Gasteiger charge is -2.31. The lowest BCUT2D eigenvalue weighted by atomic mass is 9.79. The van der Waals surface area contributed by atoms with Crippen LogP contribution in [0.3, 0.4) is 0 Å². The van der Waals surface area contributed by atoms with Crippen molar-refractivity contribution in [1.29, 1.82) is 0 Å². The third-order valence-electron chi connectivity index (χ3n) is 3.96. The number of carboxylic acids is 1. The van der Waals surface area contributed by atoms with E-state index in [1.807, 2.05) is 24.3 Å². The van der Waals surface area contributed by atoms with E-state index in [4.69, 9.17) is 4.74 Å². The first-order chi connectivity index (χ1) is 9.99. The number of methoxy groups -OCH3 is 1. The van der Waals surface area contributed by atoms with E-state index in [1.165, 1.54) is 5.57 Å². The van der Waals surface area contributed by atoms with Crippen LogP contribution in [0, 0.1) is 11.8 Å². The van der Waals surface area contributed by atoms with Crippen LogP contribution in [0.25, 0.3) is 0 Å². The third-order valence-corrected chi connectivity index (χ3v) is 3.96. The summed E-state index contributed by atoms with van der Waals surface area (Å²) in [5.74, 6) is 0.452. The quantitative estimate of drug-likeness (QED) is 0.814. The molecule has 4 nitrogen and oxygen atoms in total. The molecule has 114 valence electrons. The summed E-state index contributed by atoms with van der Waals surface area (Å²) in [6.45, 7) is 4.22. The minimum atomic E-state index is -0.801. The van der Waals surface area contributed by atoms with Gasteiger partial charge in [-0.15, -0.1) is 0 Å². The third kappa shape index (κ3) is 4.00. The highest BCUT2D eigenvalue weighted by atomic mass is 16.5. The fraction of sp³-hybridized carbons (Fsp3) is 0.471. The van der Waals surface area contributed by atoms with Crippen molar-refractivity contribution >= 4 is 11.7 Å². The number of aliphatic carboxylic acids is 1. The molecule has 1 aliphatic rings. The number of ether oxygens (including phenoxy) is 1. The smallest absolute Gasteiger partial charge is 0.326 e. The Balaban J connectivity index is 2.16. The van der Waals surface area contributed by atoms with Crippen molar-refractivity contribution in [1.82, 2.24) is 0 Å². The van der Waals surface area contributed by atoms with E-state index in [0.29, 0.717) is 5.92 Å². The zero-order chi connectivity index (χ0) is 15.4. The van der Waals surface area contributed by atoms with E-state index in [9.17, 15) is 9.90 Å². The molecule has 0 fully saturated rings. The molecule has 4 heteroatoms. The average molecular weight is 289 g/mol. The topological polar surface area (TPSA) is 58.6 Å². The van der Waals surface area contributed by atoms with Crippen molar-refractivity contribution in [2.45, 2.75) is 32.7 Å². The van der Waals surface area contributed by atoms with Crippen LogP contribution >= 0.6 is 0 Å². The second kappa shape index (κ2) is 6.66. The summed E-state index contributed by atoms with van der Waals surface area (Å²) in [6.07, 6.45) is 3.96. The summed E-state index contributed by atoms with van der Waals surface area (Å²) in [5, 5.41) is 12.7. The van der Waals surface area contributed by atoms with Crippen LogP contribution in [0.1, 0.15) is 26.7 Å². The Morgan fingerprint density at radius 1 is 1.48 bits per heavy atom. The van der Waals surface area contributed by atoms with Crippen LogP contribution in [0.15, 0.2) is 35.9 Å². The normalized spacial score (nSPS) is 23.1. The van der Waals surface area contributed by atoms with Crippen LogP contribution in [0.4, 0.5) is 5.69 Å². The van der Waals surface area contributed by atoms with E-state index < -0.39 is 12.0 Å². The maximum atomic E-state index is 11.7. The molecule has 0 saturated heterocycles. The monoisotopic (exact) mass is 289 g/mol. The molecule has 1 aromatic carbocycles. The van der Waals surface area contributed by atoms with Crippen molar-refractivity contribution in [2.24, 2.45) is 11.8 Å². The highest BCUT2D eigenvalue weighted by Gasteiger charge is 2.31. The number of nitrogens with one attached hydrogen (secondary N) is 1. The molecule has 2 rings (SSSR count). The number of hydrogen-bond donors (Lipinski definition) is 2. The molecule has 0 aliphatic heterocycles. The van der Waals surface area contributed by atoms with Crippen LogP contribution in [0.5, 0.6) is 5.75 Å². The summed E-state index contributed by atoms with van der Waals surface area (Å²) < 4.78 is 5.18. The van der Waals surface area contributed by atoms with Crippen molar-refractivity contribution in [3.8, 4) is 5.75 Å². The number of carbonyl (C=O) groups is 1. The van der Waals surface area contributed by atoms with Gasteiger partial charge in [-0.25, -0.2) is 4.79 Å². The van der Waals surface area contributed by atoms with E-state index in [0.717, 1.165) is 24.3 Å². The molecule has 0 radical (unpaired) electrons. The van der Waals surface area contributed by atoms with Gasteiger partial charge in [0.15, 0.2) is 0 Å². The second-order valence-corrected chi connectivity index (χ2v) is 5.88. The average Bonchev–Trinajstić information content (AvgIpc) is 2.43. The molecule has 0 heterocycles. The summed E-state index contributed by atoms with van der Waals surface area (Å²) in [7, 11) is 1.60. The number of rotatable bonds is 5. The Hall–Kier alpha value is -1.97. The van der Waals surface area contributed by atoms with E-state index in [2.05, 4.69) is 25.2 Å². The van der Waals surface area contributed by atoms with Gasteiger partial charge in [-0.05, 0) is 43.7 Å². The van der Waals surface area contributed by atoms with Crippen molar-refractivity contribution in [3.05, 3.63) is 35.9 Å². The largest absolute Gasteiger partial charge is 0.497 e. The summed E-state index contributed by atoms with van der Waals surface area (Å²) >= 11 is 0. The molecule has 3 unspecified atom stereocenters. The zero-order valence-corrected chi connectivity index (χ0v) is 12.8. The molecular formula is C17H23NO3. The Bertz CT molecular complexity index is 539. The molecular weight excluding hydrogens is 266 g/mol. The van der Waals surface area contributed by atoms with Crippen molar-refractivity contribution in [2.75, 3.05) is 12.4 Å². The molecule has 21 heavy (non-hydrogen) atoms. The Labute approximate surface area is 125 Å². The lowest BCUT2D eigenvalue weighted by Crippen LogP contribution is -2.38. The minimum absolute atomic E-state index is 0.105. The first kappa shape index (κ1) is 15.4. The SMILES string of the molecule is COc1cccc(NC(C(=O)O)C2CC(C)=CC(C)C2)c1. The van der Waals surface area contributed by atoms with Gasteiger partial charge in [-0.2, -0.15) is 0 Å². The van der Waals surface area contributed by atoms with Crippen molar-refractivity contribution in [3.63, 3.8) is 0 Å². The van der Waals surface area contributed by atoms with Gasteiger partial charge in [0.05, 0.1) is 7.11 Å². The number of allylic oxidation sites excluding steroid dienone is 2. The highest BCUT2D eigenvalue weighted by Crippen LogP contribution is 2.32. The Morgan fingerprint density at radius 3 is 2.86 bits per heavy atom. The maximum Gasteiger partial charge on any atom is 0.326 e. The van der Waals surface area contributed by atoms with Crippen LogP contribution in [-0.4, -0.2) is 24.2 Å². The van der Waals surface area contributed by atoms with Gasteiger partial charge in [0.25, 0.3) is 0 Å². The molecule has 0 spiro atoms. The standard InChI is InChI=1S/C17H23NO3/c1-11-7-12(2)9-13(8-11)16(17(19)20)18-14-5-4-6-15(10-14)21-3/h4-7,10-11,13,16,18H,8-9H2,1-3H3,(H,19,20). The second-order valence-electron chi connectivity index (χ2n) is 5.88. The molecule has 2 N–H and O–H groups in total. The number of hydrogen-bond acceptors (Lipinski definition) is 3. The molecule has 0 aromatic heterocycles. The number of anilines is 1. The number of benzene rings is 1. The fourth-order valence-electron chi connectivity index (χ4n) is 3.12. The van der Waals surface area contributed by atoms with E-state index in [-0.39, 0.29) is 5.92 Å².